The smallest absolute Gasteiger partial charge is 0.344 e. The second-order valence-corrected chi connectivity index (χ2v) is 5.90. The number of nitrogens with two attached hydrogens (primary N) is 1. The summed E-state index contributed by atoms with van der Waals surface area (Å²) in [6.45, 7) is 1.69. The van der Waals surface area contributed by atoms with Crippen LogP contribution in [0.3, 0.4) is 0 Å². The van der Waals surface area contributed by atoms with E-state index in [1.807, 2.05) is 0 Å². The molecule has 0 aliphatic heterocycles. The lowest BCUT2D eigenvalue weighted by Crippen LogP contribution is -2.10. The molecule has 2 heterocycles. The van der Waals surface area contributed by atoms with Crippen LogP contribution in [0.4, 0.5) is 19.0 Å². The first-order valence-electron chi connectivity index (χ1n) is 8.31. The molecule has 0 spiro atoms. The van der Waals surface area contributed by atoms with Gasteiger partial charge in [-0.15, -0.1) is 0 Å². The van der Waals surface area contributed by atoms with Gasteiger partial charge in [0.15, 0.2) is 23.1 Å². The lowest BCUT2D eigenvalue weighted by molar-refractivity contribution is 0.0529. The van der Waals surface area contributed by atoms with Gasteiger partial charge in [0.25, 0.3) is 0 Å². The third-order valence-electron chi connectivity index (χ3n) is 4.23. The van der Waals surface area contributed by atoms with E-state index >= 15 is 0 Å². The number of nitrogens with zero attached hydrogens (tertiary/aromatic N) is 3. The molecule has 0 bridgehead atoms. The maximum Gasteiger partial charge on any atom is 0.344 e. The maximum absolute atomic E-state index is 14.5. The van der Waals surface area contributed by atoms with E-state index in [1.54, 1.807) is 31.2 Å². The Kier molecular flexibility index (Phi) is 4.14. The van der Waals surface area contributed by atoms with Gasteiger partial charge in [0, 0.05) is 0 Å². The average Bonchev–Trinajstić information content (AvgIpc) is 2.96. The van der Waals surface area contributed by atoms with Crippen LogP contribution in [-0.4, -0.2) is 27.1 Å². The van der Waals surface area contributed by atoms with Crippen molar-refractivity contribution in [2.24, 2.45) is 0 Å². The first kappa shape index (κ1) is 17.8. The highest BCUT2D eigenvalue weighted by Gasteiger charge is 2.28. The van der Waals surface area contributed by atoms with E-state index < -0.39 is 29.1 Å². The number of aromatic nitrogens is 3. The number of anilines is 1. The number of esters is 1. The van der Waals surface area contributed by atoms with Gasteiger partial charge in [-0.1, -0.05) is 12.1 Å². The number of carbonyl (C=O) groups is 1. The van der Waals surface area contributed by atoms with Gasteiger partial charge in [0.1, 0.15) is 16.9 Å². The molecule has 0 aliphatic rings. The van der Waals surface area contributed by atoms with Crippen LogP contribution >= 0.6 is 0 Å². The number of para-hydroxylation sites is 2. The SMILES string of the molecule is CCOC(=O)c1c(N)n(-c2ccc(F)c(F)c2F)c2nc3ccccc3nc12. The van der Waals surface area contributed by atoms with E-state index in [0.717, 1.165) is 16.7 Å². The Labute approximate surface area is 156 Å². The van der Waals surface area contributed by atoms with E-state index in [2.05, 4.69) is 9.97 Å². The number of fused-ring (bicyclic) bond motifs is 2. The number of halogens is 3. The molecule has 0 atom stereocenters. The van der Waals surface area contributed by atoms with Gasteiger partial charge >= 0.3 is 5.97 Å². The summed E-state index contributed by atoms with van der Waals surface area (Å²) in [6.07, 6.45) is 0. The van der Waals surface area contributed by atoms with Crippen molar-refractivity contribution in [1.82, 2.24) is 14.5 Å². The van der Waals surface area contributed by atoms with Crippen molar-refractivity contribution in [3.8, 4) is 5.69 Å². The zero-order chi connectivity index (χ0) is 20.0. The summed E-state index contributed by atoms with van der Waals surface area (Å²) in [5.74, 6) is -5.50. The van der Waals surface area contributed by atoms with Crippen molar-refractivity contribution < 1.29 is 22.7 Å². The minimum Gasteiger partial charge on any atom is -0.462 e. The van der Waals surface area contributed by atoms with Crippen LogP contribution in [0.15, 0.2) is 36.4 Å². The summed E-state index contributed by atoms with van der Waals surface area (Å²) in [7, 11) is 0. The number of hydrogen-bond donors (Lipinski definition) is 1. The standard InChI is InChI=1S/C19H13F3N4O2/c1-2-28-19(27)13-16-18(25-11-6-4-3-5-10(11)24-16)26(17(13)23)12-8-7-9(20)14(21)15(12)22/h3-8H,2,23H2,1H3. The van der Waals surface area contributed by atoms with Gasteiger partial charge in [0.2, 0.25) is 0 Å². The van der Waals surface area contributed by atoms with Crippen molar-refractivity contribution >= 4 is 34.0 Å². The minimum atomic E-state index is -1.66. The molecule has 9 heteroatoms. The first-order chi connectivity index (χ1) is 13.4. The molecular weight excluding hydrogens is 373 g/mol. The minimum absolute atomic E-state index is 0.0177. The Morgan fingerprint density at radius 3 is 2.43 bits per heavy atom. The predicted octanol–water partition coefficient (Wildman–Crippen LogP) is 3.75. The highest BCUT2D eigenvalue weighted by Crippen LogP contribution is 2.33. The molecule has 2 aromatic carbocycles. The molecule has 0 aliphatic carbocycles. The van der Waals surface area contributed by atoms with E-state index in [1.165, 1.54) is 0 Å². The van der Waals surface area contributed by atoms with Gasteiger partial charge in [0.05, 0.1) is 23.3 Å². The largest absolute Gasteiger partial charge is 0.462 e. The molecule has 2 aromatic heterocycles. The zero-order valence-electron chi connectivity index (χ0n) is 14.5. The molecule has 4 rings (SSSR count). The maximum atomic E-state index is 14.5. The molecule has 142 valence electrons. The fraction of sp³-hybridized carbons (Fsp3) is 0.105. The van der Waals surface area contributed by atoms with Crippen LogP contribution in [0.1, 0.15) is 17.3 Å². The second kappa shape index (κ2) is 6.52. The number of carbonyl (C=O) groups excluding carboxylic acids is 1. The van der Waals surface area contributed by atoms with Crippen molar-refractivity contribution in [1.29, 1.82) is 0 Å². The number of rotatable bonds is 3. The van der Waals surface area contributed by atoms with Crippen molar-refractivity contribution in [3.05, 3.63) is 59.4 Å². The predicted molar refractivity (Wildman–Crippen MR) is 96.6 cm³/mol. The van der Waals surface area contributed by atoms with E-state index in [0.29, 0.717) is 11.0 Å². The van der Waals surface area contributed by atoms with Gasteiger partial charge in [-0.25, -0.2) is 27.9 Å². The normalized spacial score (nSPS) is 11.3. The average molecular weight is 386 g/mol. The Morgan fingerprint density at radius 1 is 1.07 bits per heavy atom. The fourth-order valence-corrected chi connectivity index (χ4v) is 3.00. The number of ether oxygens (including phenoxy) is 1. The topological polar surface area (TPSA) is 83.0 Å². The molecule has 0 radical (unpaired) electrons. The lowest BCUT2D eigenvalue weighted by atomic mass is 10.2. The number of nitrogen functional groups attached to an aromatic ring is 1. The Balaban J connectivity index is 2.14. The van der Waals surface area contributed by atoms with Crippen LogP contribution in [0.25, 0.3) is 27.9 Å². The molecule has 0 saturated heterocycles. The third kappa shape index (κ3) is 2.55. The molecule has 0 unspecified atom stereocenters. The number of benzene rings is 2. The Hall–Kier alpha value is -3.62. The Morgan fingerprint density at radius 2 is 1.75 bits per heavy atom. The second-order valence-electron chi connectivity index (χ2n) is 5.90. The third-order valence-corrected chi connectivity index (χ3v) is 4.23. The molecule has 4 aromatic rings. The molecule has 28 heavy (non-hydrogen) atoms. The van der Waals surface area contributed by atoms with Crippen molar-refractivity contribution in [3.63, 3.8) is 0 Å². The van der Waals surface area contributed by atoms with E-state index in [9.17, 15) is 18.0 Å². The van der Waals surface area contributed by atoms with Crippen LogP contribution in [0, 0.1) is 17.5 Å². The van der Waals surface area contributed by atoms with E-state index in [-0.39, 0.29) is 29.2 Å². The van der Waals surface area contributed by atoms with Gasteiger partial charge in [-0.3, -0.25) is 4.57 Å². The first-order valence-corrected chi connectivity index (χ1v) is 8.31. The zero-order valence-corrected chi connectivity index (χ0v) is 14.5. The van der Waals surface area contributed by atoms with Crippen LogP contribution in [0.5, 0.6) is 0 Å². The van der Waals surface area contributed by atoms with Crippen LogP contribution < -0.4 is 5.73 Å². The highest BCUT2D eigenvalue weighted by atomic mass is 19.2. The summed E-state index contributed by atoms with van der Waals surface area (Å²) in [4.78, 5) is 21.3. The van der Waals surface area contributed by atoms with Crippen LogP contribution in [-0.2, 0) is 4.74 Å². The van der Waals surface area contributed by atoms with Gasteiger partial charge < -0.3 is 10.5 Å². The molecule has 6 nitrogen and oxygen atoms in total. The molecular formula is C19H13F3N4O2. The van der Waals surface area contributed by atoms with Gasteiger partial charge in [-0.05, 0) is 31.2 Å². The summed E-state index contributed by atoms with van der Waals surface area (Å²) < 4.78 is 47.7. The quantitative estimate of drug-likeness (QED) is 0.428. The van der Waals surface area contributed by atoms with Crippen molar-refractivity contribution in [2.45, 2.75) is 6.92 Å². The fourth-order valence-electron chi connectivity index (χ4n) is 3.00. The summed E-state index contributed by atoms with van der Waals surface area (Å²) in [5.41, 5.74) is 6.58. The van der Waals surface area contributed by atoms with Crippen molar-refractivity contribution in [2.75, 3.05) is 12.3 Å². The molecule has 0 saturated carbocycles. The lowest BCUT2D eigenvalue weighted by Gasteiger charge is -2.10. The molecule has 2 N–H and O–H groups in total. The number of hydrogen-bond acceptors (Lipinski definition) is 5. The summed E-state index contributed by atoms with van der Waals surface area (Å²) in [6, 6.07) is 8.59. The van der Waals surface area contributed by atoms with E-state index in [4.69, 9.17) is 10.5 Å². The highest BCUT2D eigenvalue weighted by molar-refractivity contribution is 6.09. The Bertz CT molecular complexity index is 1250. The van der Waals surface area contributed by atoms with Crippen LogP contribution in [0.2, 0.25) is 0 Å². The summed E-state index contributed by atoms with van der Waals surface area (Å²) >= 11 is 0. The summed E-state index contributed by atoms with van der Waals surface area (Å²) in [5, 5.41) is 0. The monoisotopic (exact) mass is 386 g/mol. The van der Waals surface area contributed by atoms with Gasteiger partial charge in [-0.2, -0.15) is 0 Å². The molecule has 0 fully saturated rings. The molecule has 0 amide bonds.